The van der Waals surface area contributed by atoms with Crippen LogP contribution in [0.5, 0.6) is 0 Å². The summed E-state index contributed by atoms with van der Waals surface area (Å²) in [7, 11) is 0. The third-order valence-corrected chi connectivity index (χ3v) is 4.61. The Morgan fingerprint density at radius 2 is 1.71 bits per heavy atom. The number of nitrogens with two attached hydrogens (primary N) is 1. The molecular weight excluding hydrogens is 258 g/mol. The van der Waals surface area contributed by atoms with E-state index < -0.39 is 0 Å². The number of anilines is 1. The standard InChI is InChI=1S/C18H31N3/c1-2-3-4-6-11-18(16-19)21-14-12-20(13-15-21)17-9-7-5-8-10-17/h5,7-10,18H,2-4,6,11-16,19H2,1H3. The largest absolute Gasteiger partial charge is 0.369 e. The zero-order chi connectivity index (χ0) is 14.9. The predicted molar refractivity (Wildman–Crippen MR) is 91.8 cm³/mol. The second-order valence-electron chi connectivity index (χ2n) is 6.10. The summed E-state index contributed by atoms with van der Waals surface area (Å²) in [5, 5.41) is 0. The lowest BCUT2D eigenvalue weighted by Crippen LogP contribution is -2.52. The van der Waals surface area contributed by atoms with Crippen LogP contribution in [0.2, 0.25) is 0 Å². The SMILES string of the molecule is CCCCCCC(CN)N1CCN(c2ccccc2)CC1. The lowest BCUT2D eigenvalue weighted by atomic mass is 10.0. The summed E-state index contributed by atoms with van der Waals surface area (Å²) >= 11 is 0. The summed E-state index contributed by atoms with van der Waals surface area (Å²) in [6.07, 6.45) is 6.62. The van der Waals surface area contributed by atoms with Gasteiger partial charge < -0.3 is 10.6 Å². The molecule has 1 aliphatic heterocycles. The minimum absolute atomic E-state index is 0.583. The van der Waals surface area contributed by atoms with E-state index in [1.165, 1.54) is 37.8 Å². The van der Waals surface area contributed by atoms with Crippen molar-refractivity contribution in [3.8, 4) is 0 Å². The van der Waals surface area contributed by atoms with E-state index in [0.717, 1.165) is 32.7 Å². The quantitative estimate of drug-likeness (QED) is 0.746. The van der Waals surface area contributed by atoms with Crippen LogP contribution >= 0.6 is 0 Å². The van der Waals surface area contributed by atoms with Crippen LogP contribution in [0.4, 0.5) is 5.69 Å². The van der Waals surface area contributed by atoms with Gasteiger partial charge in [0, 0.05) is 44.5 Å². The third-order valence-electron chi connectivity index (χ3n) is 4.61. The molecule has 3 nitrogen and oxygen atoms in total. The van der Waals surface area contributed by atoms with Gasteiger partial charge in [0.15, 0.2) is 0 Å². The van der Waals surface area contributed by atoms with Crippen molar-refractivity contribution < 1.29 is 0 Å². The number of rotatable bonds is 8. The second kappa shape index (κ2) is 9.06. The van der Waals surface area contributed by atoms with Crippen molar-refractivity contribution in [1.82, 2.24) is 4.90 Å². The first-order valence-corrected chi connectivity index (χ1v) is 8.59. The van der Waals surface area contributed by atoms with Crippen LogP contribution in [0.1, 0.15) is 39.0 Å². The molecule has 0 aromatic heterocycles. The molecule has 118 valence electrons. The summed E-state index contributed by atoms with van der Waals surface area (Å²) in [5.74, 6) is 0. The number of hydrogen-bond donors (Lipinski definition) is 1. The molecule has 2 N–H and O–H groups in total. The number of benzene rings is 1. The fraction of sp³-hybridized carbons (Fsp3) is 0.667. The molecule has 1 atom stereocenters. The number of nitrogens with zero attached hydrogens (tertiary/aromatic N) is 2. The summed E-state index contributed by atoms with van der Waals surface area (Å²) in [4.78, 5) is 5.09. The van der Waals surface area contributed by atoms with E-state index in [1.54, 1.807) is 0 Å². The molecule has 3 heteroatoms. The highest BCUT2D eigenvalue weighted by Gasteiger charge is 2.22. The Kier molecular flexibility index (Phi) is 7.04. The summed E-state index contributed by atoms with van der Waals surface area (Å²) in [6, 6.07) is 11.3. The van der Waals surface area contributed by atoms with Gasteiger partial charge in [0.05, 0.1) is 0 Å². The van der Waals surface area contributed by atoms with Gasteiger partial charge in [0.1, 0.15) is 0 Å². The minimum atomic E-state index is 0.583. The third kappa shape index (κ3) is 5.01. The number of para-hydroxylation sites is 1. The van der Waals surface area contributed by atoms with Crippen LogP contribution in [-0.4, -0.2) is 43.7 Å². The van der Waals surface area contributed by atoms with E-state index in [2.05, 4.69) is 47.1 Å². The fourth-order valence-electron chi connectivity index (χ4n) is 3.24. The van der Waals surface area contributed by atoms with Crippen molar-refractivity contribution in [3.05, 3.63) is 30.3 Å². The molecule has 0 saturated carbocycles. The molecule has 1 saturated heterocycles. The van der Waals surface area contributed by atoms with Gasteiger partial charge >= 0.3 is 0 Å². The van der Waals surface area contributed by atoms with E-state index in [9.17, 15) is 0 Å². The van der Waals surface area contributed by atoms with Gasteiger partial charge in [0.25, 0.3) is 0 Å². The molecule has 1 aromatic rings. The molecule has 0 spiro atoms. The van der Waals surface area contributed by atoms with Gasteiger partial charge in [-0.15, -0.1) is 0 Å². The highest BCUT2D eigenvalue weighted by atomic mass is 15.3. The monoisotopic (exact) mass is 289 g/mol. The smallest absolute Gasteiger partial charge is 0.0367 e. The first-order valence-electron chi connectivity index (χ1n) is 8.59. The Morgan fingerprint density at radius 1 is 1.00 bits per heavy atom. The number of piperazine rings is 1. The van der Waals surface area contributed by atoms with Crippen molar-refractivity contribution in [2.45, 2.75) is 45.1 Å². The van der Waals surface area contributed by atoms with Crippen LogP contribution in [0.3, 0.4) is 0 Å². The highest BCUT2D eigenvalue weighted by molar-refractivity contribution is 5.46. The van der Waals surface area contributed by atoms with Gasteiger partial charge in [-0.05, 0) is 18.6 Å². The number of unbranched alkanes of at least 4 members (excludes halogenated alkanes) is 3. The Bertz CT molecular complexity index is 371. The van der Waals surface area contributed by atoms with Gasteiger partial charge in [0.2, 0.25) is 0 Å². The van der Waals surface area contributed by atoms with Crippen molar-refractivity contribution in [3.63, 3.8) is 0 Å². The first kappa shape index (κ1) is 16.3. The van der Waals surface area contributed by atoms with Crippen LogP contribution in [0.25, 0.3) is 0 Å². The molecule has 0 aliphatic carbocycles. The van der Waals surface area contributed by atoms with Crippen LogP contribution in [0.15, 0.2) is 30.3 Å². The van der Waals surface area contributed by atoms with E-state index in [4.69, 9.17) is 5.73 Å². The molecule has 1 fully saturated rings. The zero-order valence-electron chi connectivity index (χ0n) is 13.5. The average molecular weight is 289 g/mol. The molecule has 1 heterocycles. The molecule has 0 amide bonds. The maximum atomic E-state index is 6.01. The highest BCUT2D eigenvalue weighted by Crippen LogP contribution is 2.18. The van der Waals surface area contributed by atoms with Crippen LogP contribution in [0, 0.1) is 0 Å². The van der Waals surface area contributed by atoms with Crippen molar-refractivity contribution >= 4 is 5.69 Å². The van der Waals surface area contributed by atoms with Crippen LogP contribution < -0.4 is 10.6 Å². The lowest BCUT2D eigenvalue weighted by Gasteiger charge is -2.40. The summed E-state index contributed by atoms with van der Waals surface area (Å²) in [5.41, 5.74) is 7.36. The Morgan fingerprint density at radius 3 is 2.33 bits per heavy atom. The molecule has 21 heavy (non-hydrogen) atoms. The Hall–Kier alpha value is -1.06. The van der Waals surface area contributed by atoms with E-state index in [-0.39, 0.29) is 0 Å². The van der Waals surface area contributed by atoms with Crippen molar-refractivity contribution in [1.29, 1.82) is 0 Å². The summed E-state index contributed by atoms with van der Waals surface area (Å²) in [6.45, 7) is 7.60. The second-order valence-corrected chi connectivity index (χ2v) is 6.10. The van der Waals surface area contributed by atoms with Crippen molar-refractivity contribution in [2.75, 3.05) is 37.6 Å². The van der Waals surface area contributed by atoms with E-state index in [0.29, 0.717) is 6.04 Å². The molecule has 0 radical (unpaired) electrons. The van der Waals surface area contributed by atoms with E-state index >= 15 is 0 Å². The van der Waals surface area contributed by atoms with Gasteiger partial charge in [-0.25, -0.2) is 0 Å². The topological polar surface area (TPSA) is 32.5 Å². The summed E-state index contributed by atoms with van der Waals surface area (Å²) < 4.78 is 0. The molecule has 0 bridgehead atoms. The number of hydrogen-bond acceptors (Lipinski definition) is 3. The normalized spacial score (nSPS) is 17.9. The Balaban J connectivity index is 1.76. The molecule has 1 unspecified atom stereocenters. The molecule has 2 rings (SSSR count). The van der Waals surface area contributed by atoms with E-state index in [1.807, 2.05) is 0 Å². The zero-order valence-corrected chi connectivity index (χ0v) is 13.5. The van der Waals surface area contributed by atoms with Crippen molar-refractivity contribution in [2.24, 2.45) is 5.73 Å². The maximum Gasteiger partial charge on any atom is 0.0367 e. The molecular formula is C18H31N3. The lowest BCUT2D eigenvalue weighted by molar-refractivity contribution is 0.177. The molecule has 1 aromatic carbocycles. The first-order chi connectivity index (χ1) is 10.3. The Labute approximate surface area is 130 Å². The predicted octanol–water partition coefficient (Wildman–Crippen LogP) is 3.11. The minimum Gasteiger partial charge on any atom is -0.369 e. The fourth-order valence-corrected chi connectivity index (χ4v) is 3.24. The maximum absolute atomic E-state index is 6.01. The van der Waals surface area contributed by atoms with Crippen LogP contribution in [-0.2, 0) is 0 Å². The van der Waals surface area contributed by atoms with Gasteiger partial charge in [-0.2, -0.15) is 0 Å². The van der Waals surface area contributed by atoms with Gasteiger partial charge in [-0.3, -0.25) is 4.90 Å². The molecule has 1 aliphatic rings. The van der Waals surface area contributed by atoms with Gasteiger partial charge in [-0.1, -0.05) is 50.8 Å². The average Bonchev–Trinajstić information content (AvgIpc) is 2.56.